The maximum absolute atomic E-state index is 12.9. The molecule has 3 aromatic rings. The lowest BCUT2D eigenvalue weighted by molar-refractivity contribution is -0.919. The predicted octanol–water partition coefficient (Wildman–Crippen LogP) is 3.00. The van der Waals surface area contributed by atoms with Gasteiger partial charge in [0.1, 0.15) is 6.04 Å². The smallest absolute Gasteiger partial charge is 0.277 e. The number of likely N-dealkylation sites (N-methyl/N-ethyl adjacent to an activating group) is 1. The summed E-state index contributed by atoms with van der Waals surface area (Å²) >= 11 is 3.65. The number of benzene rings is 1. The van der Waals surface area contributed by atoms with Crippen LogP contribution in [0.4, 0.5) is 0 Å². The Balaban J connectivity index is 1.50. The zero-order valence-corrected chi connectivity index (χ0v) is 16.5. The summed E-state index contributed by atoms with van der Waals surface area (Å²) in [5.41, 5.74) is 2.59. The second kappa shape index (κ2) is 7.74. The molecule has 0 fully saturated rings. The Bertz CT molecular complexity index is 857. The van der Waals surface area contributed by atoms with Crippen LogP contribution in [-0.4, -0.2) is 30.9 Å². The fraction of sp³-hybridized carbons (Fsp3) is 0.286. The van der Waals surface area contributed by atoms with E-state index in [0.29, 0.717) is 19.1 Å². The molecule has 0 spiro atoms. The first-order valence-electron chi connectivity index (χ1n) is 8.94. The molecule has 0 radical (unpaired) electrons. The third kappa shape index (κ3) is 3.61. The van der Waals surface area contributed by atoms with Gasteiger partial charge in [-0.15, -0.1) is 22.7 Å². The number of thiophene rings is 2. The second-order valence-electron chi connectivity index (χ2n) is 6.82. The van der Waals surface area contributed by atoms with Crippen molar-refractivity contribution in [1.82, 2.24) is 4.90 Å². The molecule has 3 heterocycles. The Morgan fingerprint density at radius 2 is 1.96 bits per heavy atom. The number of amides is 1. The Kier molecular flexibility index (Phi) is 5.20. The molecular formula is C21H23N2OS2+. The van der Waals surface area contributed by atoms with Crippen LogP contribution >= 0.6 is 22.7 Å². The number of hydrogen-bond acceptors (Lipinski definition) is 3. The number of nitrogens with zero attached hydrogens (tertiary/aromatic N) is 1. The van der Waals surface area contributed by atoms with Crippen molar-refractivity contribution in [1.29, 1.82) is 0 Å². The minimum Gasteiger partial charge on any atom is -0.337 e. The largest absolute Gasteiger partial charge is 0.337 e. The van der Waals surface area contributed by atoms with Gasteiger partial charge < -0.3 is 9.80 Å². The Hall–Kier alpha value is -1.95. The van der Waals surface area contributed by atoms with Crippen LogP contribution in [0.1, 0.15) is 26.9 Å². The summed E-state index contributed by atoms with van der Waals surface area (Å²) in [5.74, 6) is 0.212. The highest BCUT2D eigenvalue weighted by atomic mass is 32.1. The molecular weight excluding hydrogens is 360 g/mol. The number of nitrogens with one attached hydrogen (secondary N) is 1. The topological polar surface area (TPSA) is 24.8 Å². The molecule has 5 heteroatoms. The minimum absolute atomic E-state index is 0.212. The summed E-state index contributed by atoms with van der Waals surface area (Å²) in [6, 6.07) is 17.1. The quantitative estimate of drug-likeness (QED) is 0.720. The van der Waals surface area contributed by atoms with E-state index in [4.69, 9.17) is 0 Å². The van der Waals surface area contributed by atoms with Gasteiger partial charge in [0.2, 0.25) is 0 Å². The number of carbonyl (C=O) groups excluding carboxylic acids is 1. The zero-order chi connectivity index (χ0) is 17.9. The third-order valence-corrected chi connectivity index (χ3v) is 7.00. The van der Waals surface area contributed by atoms with E-state index in [2.05, 4.69) is 41.1 Å². The number of rotatable bonds is 5. The van der Waals surface area contributed by atoms with Gasteiger partial charge in [0.15, 0.2) is 6.54 Å². The van der Waals surface area contributed by atoms with Crippen molar-refractivity contribution >= 4 is 28.6 Å². The molecule has 2 atom stereocenters. The standard InChI is InChI=1S/C21H22N2OS2/c1-22(14-16-6-3-2-4-7-16)20(24)15-23-11-9-18-17(10-13-26-18)21(23)19-8-5-12-25-19/h2-8,10,12-13,21H,9,11,14-15H2,1H3/p+1/t21-/m1/s1. The van der Waals surface area contributed by atoms with Crippen molar-refractivity contribution in [2.45, 2.75) is 19.0 Å². The van der Waals surface area contributed by atoms with Crippen LogP contribution in [0.15, 0.2) is 59.3 Å². The zero-order valence-electron chi connectivity index (χ0n) is 14.9. The van der Waals surface area contributed by atoms with Crippen LogP contribution in [-0.2, 0) is 17.8 Å². The van der Waals surface area contributed by atoms with Crippen molar-refractivity contribution in [3.8, 4) is 0 Å². The fourth-order valence-corrected chi connectivity index (χ4v) is 5.55. The van der Waals surface area contributed by atoms with Gasteiger partial charge in [-0.2, -0.15) is 0 Å². The molecule has 4 rings (SSSR count). The molecule has 0 aliphatic carbocycles. The number of hydrogen-bond donors (Lipinski definition) is 1. The van der Waals surface area contributed by atoms with Crippen molar-refractivity contribution in [2.75, 3.05) is 20.1 Å². The highest BCUT2D eigenvalue weighted by Crippen LogP contribution is 2.31. The molecule has 1 aromatic carbocycles. The van der Waals surface area contributed by atoms with Crippen LogP contribution in [0.5, 0.6) is 0 Å². The van der Waals surface area contributed by atoms with Gasteiger partial charge in [-0.1, -0.05) is 36.4 Å². The molecule has 1 unspecified atom stereocenters. The summed E-state index contributed by atoms with van der Waals surface area (Å²) in [5, 5.41) is 4.33. The van der Waals surface area contributed by atoms with E-state index in [1.54, 1.807) is 11.3 Å². The maximum atomic E-state index is 12.9. The molecule has 3 nitrogen and oxygen atoms in total. The van der Waals surface area contributed by atoms with Crippen molar-refractivity contribution in [3.05, 3.63) is 80.2 Å². The van der Waals surface area contributed by atoms with Gasteiger partial charge in [-0.3, -0.25) is 4.79 Å². The molecule has 1 N–H and O–H groups in total. The molecule has 0 saturated carbocycles. The van der Waals surface area contributed by atoms with Gasteiger partial charge in [-0.25, -0.2) is 0 Å². The first kappa shape index (κ1) is 17.5. The van der Waals surface area contributed by atoms with Crippen molar-refractivity contribution < 1.29 is 9.69 Å². The predicted molar refractivity (Wildman–Crippen MR) is 108 cm³/mol. The molecule has 2 aromatic heterocycles. The van der Waals surface area contributed by atoms with Crippen molar-refractivity contribution in [3.63, 3.8) is 0 Å². The van der Waals surface area contributed by atoms with Crippen LogP contribution < -0.4 is 4.90 Å². The first-order chi connectivity index (χ1) is 12.7. The maximum Gasteiger partial charge on any atom is 0.277 e. The highest BCUT2D eigenvalue weighted by Gasteiger charge is 2.35. The SMILES string of the molecule is CN(Cc1ccccc1)C(=O)C[NH+]1CCc2sccc2[C@@H]1c1cccs1. The lowest BCUT2D eigenvalue weighted by Crippen LogP contribution is -3.14. The van der Waals surface area contributed by atoms with Crippen LogP contribution in [0, 0.1) is 0 Å². The number of fused-ring (bicyclic) bond motifs is 1. The summed E-state index contributed by atoms with van der Waals surface area (Å²) in [6.07, 6.45) is 1.07. The molecule has 0 saturated heterocycles. The molecule has 1 amide bonds. The van der Waals surface area contributed by atoms with Crippen molar-refractivity contribution in [2.24, 2.45) is 0 Å². The average molecular weight is 384 g/mol. The monoisotopic (exact) mass is 383 g/mol. The lowest BCUT2D eigenvalue weighted by Gasteiger charge is -2.32. The molecule has 134 valence electrons. The van der Waals surface area contributed by atoms with Gasteiger partial charge >= 0.3 is 0 Å². The van der Waals surface area contributed by atoms with Gasteiger partial charge in [0.25, 0.3) is 5.91 Å². The fourth-order valence-electron chi connectivity index (χ4n) is 3.72. The Morgan fingerprint density at radius 1 is 1.12 bits per heavy atom. The molecule has 26 heavy (non-hydrogen) atoms. The lowest BCUT2D eigenvalue weighted by atomic mass is 9.98. The highest BCUT2D eigenvalue weighted by molar-refractivity contribution is 7.10. The van der Waals surface area contributed by atoms with E-state index >= 15 is 0 Å². The molecule has 1 aliphatic rings. The van der Waals surface area contributed by atoms with E-state index in [1.807, 2.05) is 41.5 Å². The average Bonchev–Trinajstić information content (AvgIpc) is 3.34. The van der Waals surface area contributed by atoms with Gasteiger partial charge in [-0.05, 0) is 28.5 Å². The number of quaternary nitrogens is 1. The van der Waals surface area contributed by atoms with E-state index in [9.17, 15) is 4.79 Å². The van der Waals surface area contributed by atoms with Crippen LogP contribution in [0.25, 0.3) is 0 Å². The summed E-state index contributed by atoms with van der Waals surface area (Å²) < 4.78 is 0. The van der Waals surface area contributed by atoms with Gasteiger partial charge in [0, 0.05) is 30.5 Å². The third-order valence-electron chi connectivity index (χ3n) is 5.07. The second-order valence-corrected chi connectivity index (χ2v) is 8.80. The first-order valence-corrected chi connectivity index (χ1v) is 10.7. The molecule has 1 aliphatic heterocycles. The number of carbonyl (C=O) groups is 1. The summed E-state index contributed by atoms with van der Waals surface area (Å²) in [7, 11) is 1.91. The normalized spacial score (nSPS) is 19.1. The minimum atomic E-state index is 0.212. The van der Waals surface area contributed by atoms with Crippen LogP contribution in [0.2, 0.25) is 0 Å². The van der Waals surface area contributed by atoms with E-state index in [1.165, 1.54) is 25.8 Å². The van der Waals surface area contributed by atoms with Crippen LogP contribution in [0.3, 0.4) is 0 Å². The van der Waals surface area contributed by atoms with E-state index in [-0.39, 0.29) is 5.91 Å². The van der Waals surface area contributed by atoms with E-state index < -0.39 is 0 Å². The summed E-state index contributed by atoms with van der Waals surface area (Å²) in [6.45, 7) is 2.22. The Labute approximate surface area is 162 Å². The van der Waals surface area contributed by atoms with E-state index in [0.717, 1.165) is 13.0 Å². The summed E-state index contributed by atoms with van der Waals surface area (Å²) in [4.78, 5) is 19.0. The van der Waals surface area contributed by atoms with Gasteiger partial charge in [0.05, 0.1) is 11.4 Å². The Morgan fingerprint density at radius 3 is 2.73 bits per heavy atom. The molecule has 0 bridgehead atoms.